The normalized spacial score (nSPS) is 17.5. The molecule has 6 nitrogen and oxygen atoms in total. The van der Waals surface area contributed by atoms with Crippen LogP contribution in [0.3, 0.4) is 0 Å². The maximum Gasteiger partial charge on any atom is 0.230 e. The van der Waals surface area contributed by atoms with Gasteiger partial charge >= 0.3 is 0 Å². The third kappa shape index (κ3) is 5.14. The van der Waals surface area contributed by atoms with E-state index in [1.807, 2.05) is 60.0 Å². The minimum atomic E-state index is -3.03. The van der Waals surface area contributed by atoms with Crippen LogP contribution < -0.4 is 5.32 Å². The number of imidazole rings is 1. The first kappa shape index (κ1) is 21.9. The second-order valence-electron chi connectivity index (χ2n) is 7.51. The summed E-state index contributed by atoms with van der Waals surface area (Å²) in [5.74, 6) is 0.105. The van der Waals surface area contributed by atoms with Crippen LogP contribution in [0, 0.1) is 6.92 Å². The smallest absolute Gasteiger partial charge is 0.230 e. The Morgan fingerprint density at radius 2 is 1.97 bits per heavy atom. The van der Waals surface area contributed by atoms with Gasteiger partial charge in [-0.1, -0.05) is 53.7 Å². The van der Waals surface area contributed by atoms with Crippen LogP contribution in [-0.4, -0.2) is 47.2 Å². The zero-order valence-electron chi connectivity index (χ0n) is 16.9. The van der Waals surface area contributed by atoms with Crippen LogP contribution >= 0.6 is 23.4 Å². The Morgan fingerprint density at radius 3 is 2.65 bits per heavy atom. The fourth-order valence-corrected chi connectivity index (χ4v) is 6.21. The van der Waals surface area contributed by atoms with Crippen LogP contribution in [0.1, 0.15) is 12.0 Å². The third-order valence-electron chi connectivity index (χ3n) is 5.16. The van der Waals surface area contributed by atoms with Crippen LogP contribution in [0.4, 0.5) is 0 Å². The average molecular weight is 476 g/mol. The van der Waals surface area contributed by atoms with Gasteiger partial charge in [-0.15, -0.1) is 0 Å². The molecule has 1 aliphatic heterocycles. The minimum absolute atomic E-state index is 0.0158. The number of halogens is 1. The number of para-hydroxylation sites is 1. The maximum absolute atomic E-state index is 12.4. The van der Waals surface area contributed by atoms with Crippen molar-refractivity contribution in [2.24, 2.45) is 0 Å². The summed E-state index contributed by atoms with van der Waals surface area (Å²) >= 11 is 7.37. The first-order valence-corrected chi connectivity index (χ1v) is 13.0. The highest BCUT2D eigenvalue weighted by Crippen LogP contribution is 2.31. The largest absolute Gasteiger partial charge is 0.352 e. The maximum atomic E-state index is 12.4. The lowest BCUT2D eigenvalue weighted by atomic mass is 10.1. The minimum Gasteiger partial charge on any atom is -0.352 e. The van der Waals surface area contributed by atoms with Gasteiger partial charge in [0.1, 0.15) is 0 Å². The molecule has 1 aliphatic rings. The summed E-state index contributed by atoms with van der Waals surface area (Å²) in [4.78, 5) is 17.0. The number of benzene rings is 2. The monoisotopic (exact) mass is 475 g/mol. The number of nitrogens with one attached hydrogen (secondary N) is 1. The van der Waals surface area contributed by atoms with Gasteiger partial charge in [0.05, 0.1) is 34.8 Å². The summed E-state index contributed by atoms with van der Waals surface area (Å²) in [6.07, 6.45) is 2.26. The van der Waals surface area contributed by atoms with Gasteiger partial charge in [-0.3, -0.25) is 9.36 Å². The second-order valence-corrected chi connectivity index (χ2v) is 11.1. The highest BCUT2D eigenvalue weighted by atomic mass is 35.5. The Hall–Kier alpha value is -2.29. The molecule has 1 aromatic heterocycles. The van der Waals surface area contributed by atoms with Crippen LogP contribution in [0.2, 0.25) is 5.02 Å². The van der Waals surface area contributed by atoms with Gasteiger partial charge in [0.2, 0.25) is 5.91 Å². The van der Waals surface area contributed by atoms with Crippen LogP contribution in [0.5, 0.6) is 0 Å². The van der Waals surface area contributed by atoms with Crippen molar-refractivity contribution in [2.45, 2.75) is 24.5 Å². The lowest BCUT2D eigenvalue weighted by molar-refractivity contribution is -0.119. The summed E-state index contributed by atoms with van der Waals surface area (Å²) in [6.45, 7) is 2.03. The highest BCUT2D eigenvalue weighted by molar-refractivity contribution is 7.99. The number of sulfone groups is 1. The molecule has 0 spiro atoms. The van der Waals surface area contributed by atoms with Crippen molar-refractivity contribution in [1.82, 2.24) is 14.9 Å². The van der Waals surface area contributed by atoms with Crippen molar-refractivity contribution in [2.75, 3.05) is 17.3 Å². The molecule has 1 N–H and O–H groups in total. The summed E-state index contributed by atoms with van der Waals surface area (Å²) < 4.78 is 25.3. The number of hydrogen-bond acceptors (Lipinski definition) is 5. The van der Waals surface area contributed by atoms with Gasteiger partial charge < -0.3 is 5.32 Å². The van der Waals surface area contributed by atoms with E-state index in [1.54, 1.807) is 6.20 Å². The van der Waals surface area contributed by atoms with Gasteiger partial charge in [0, 0.05) is 16.6 Å². The Morgan fingerprint density at radius 1 is 1.23 bits per heavy atom. The van der Waals surface area contributed by atoms with E-state index in [9.17, 15) is 13.2 Å². The Bertz CT molecular complexity index is 1210. The molecule has 2 heterocycles. The van der Waals surface area contributed by atoms with Crippen molar-refractivity contribution < 1.29 is 13.2 Å². The van der Waals surface area contributed by atoms with Crippen molar-refractivity contribution in [3.05, 3.63) is 65.3 Å². The van der Waals surface area contributed by atoms with E-state index in [0.29, 0.717) is 16.6 Å². The summed E-state index contributed by atoms with van der Waals surface area (Å²) in [5.41, 5.74) is 3.93. The van der Waals surface area contributed by atoms with E-state index in [-0.39, 0.29) is 29.2 Å². The SMILES string of the molecule is Cc1ccccc1-n1c(-c2ccc(Cl)cc2)cnc1SCC(=O)N[C@@H]1CCS(=O)(=O)C1. The molecule has 0 radical (unpaired) electrons. The Balaban J connectivity index is 1.58. The van der Waals surface area contributed by atoms with E-state index in [4.69, 9.17) is 11.6 Å². The fourth-order valence-electron chi connectivity index (χ4n) is 3.62. The van der Waals surface area contributed by atoms with E-state index in [1.165, 1.54) is 11.8 Å². The molecular formula is C22H22ClN3O3S2. The van der Waals surface area contributed by atoms with E-state index in [2.05, 4.69) is 10.3 Å². The van der Waals surface area contributed by atoms with Gasteiger partial charge in [0.25, 0.3) is 0 Å². The fraction of sp³-hybridized carbons (Fsp3) is 0.273. The number of nitrogens with zero attached hydrogens (tertiary/aromatic N) is 2. The standard InChI is InChI=1S/C22H22ClN3O3S2/c1-15-4-2-3-5-19(15)26-20(16-6-8-17(23)9-7-16)12-24-22(26)30-13-21(27)25-18-10-11-31(28,29)14-18/h2-9,12,18H,10-11,13-14H2,1H3,(H,25,27)/t18-/m1/s1. The Labute approximate surface area is 190 Å². The molecular weight excluding hydrogens is 454 g/mol. The van der Waals surface area contributed by atoms with Gasteiger partial charge in [-0.25, -0.2) is 13.4 Å². The third-order valence-corrected chi connectivity index (χ3v) is 8.13. The first-order chi connectivity index (χ1) is 14.8. The molecule has 31 heavy (non-hydrogen) atoms. The molecule has 4 rings (SSSR count). The van der Waals surface area contributed by atoms with Gasteiger partial charge in [0.15, 0.2) is 15.0 Å². The molecule has 0 bridgehead atoms. The lowest BCUT2D eigenvalue weighted by Gasteiger charge is -2.15. The second kappa shape index (κ2) is 9.06. The zero-order chi connectivity index (χ0) is 22.0. The number of rotatable bonds is 6. The van der Waals surface area contributed by atoms with E-state index in [0.717, 1.165) is 22.5 Å². The number of carbonyl (C=O) groups excluding carboxylic acids is 1. The quantitative estimate of drug-likeness (QED) is 0.547. The number of aryl methyl sites for hydroxylation is 1. The van der Waals surface area contributed by atoms with E-state index >= 15 is 0 Å². The zero-order valence-corrected chi connectivity index (χ0v) is 19.3. The number of aromatic nitrogens is 2. The van der Waals surface area contributed by atoms with Crippen LogP contribution in [-0.2, 0) is 14.6 Å². The summed E-state index contributed by atoms with van der Waals surface area (Å²) in [7, 11) is -3.03. The summed E-state index contributed by atoms with van der Waals surface area (Å²) in [5, 5.41) is 4.18. The predicted molar refractivity (Wildman–Crippen MR) is 125 cm³/mol. The molecule has 1 fully saturated rings. The molecule has 3 aromatic rings. The molecule has 9 heteroatoms. The Kier molecular flexibility index (Phi) is 6.41. The first-order valence-electron chi connectivity index (χ1n) is 9.85. The van der Waals surface area contributed by atoms with Crippen LogP contribution in [0.25, 0.3) is 16.9 Å². The van der Waals surface area contributed by atoms with Gasteiger partial charge in [-0.05, 0) is 37.1 Å². The molecule has 0 unspecified atom stereocenters. The van der Waals surface area contributed by atoms with Gasteiger partial charge in [-0.2, -0.15) is 0 Å². The lowest BCUT2D eigenvalue weighted by Crippen LogP contribution is -2.36. The van der Waals surface area contributed by atoms with E-state index < -0.39 is 9.84 Å². The molecule has 2 aromatic carbocycles. The summed E-state index contributed by atoms with van der Waals surface area (Å²) in [6, 6.07) is 15.2. The van der Waals surface area contributed by atoms with Crippen molar-refractivity contribution in [3.63, 3.8) is 0 Å². The van der Waals surface area contributed by atoms with Crippen molar-refractivity contribution in [3.8, 4) is 16.9 Å². The predicted octanol–water partition coefficient (Wildman–Crippen LogP) is 3.90. The molecule has 162 valence electrons. The van der Waals surface area contributed by atoms with Crippen molar-refractivity contribution in [1.29, 1.82) is 0 Å². The number of amides is 1. The highest BCUT2D eigenvalue weighted by Gasteiger charge is 2.29. The topological polar surface area (TPSA) is 81.1 Å². The molecule has 0 saturated carbocycles. The average Bonchev–Trinajstić information content (AvgIpc) is 3.30. The number of thioether (sulfide) groups is 1. The van der Waals surface area contributed by atoms with Crippen LogP contribution in [0.15, 0.2) is 59.9 Å². The van der Waals surface area contributed by atoms with Crippen molar-refractivity contribution >= 4 is 39.1 Å². The molecule has 1 atom stereocenters. The molecule has 0 aliphatic carbocycles. The number of hydrogen-bond donors (Lipinski definition) is 1. The molecule has 1 saturated heterocycles. The molecule has 1 amide bonds. The number of carbonyl (C=O) groups is 1.